The van der Waals surface area contributed by atoms with Crippen molar-refractivity contribution in [3.8, 4) is 0 Å². The summed E-state index contributed by atoms with van der Waals surface area (Å²) in [7, 11) is 1.41. The van der Waals surface area contributed by atoms with E-state index in [1.807, 2.05) is 0 Å². The third-order valence-corrected chi connectivity index (χ3v) is 5.97. The zero-order valence-electron chi connectivity index (χ0n) is 32.7. The summed E-state index contributed by atoms with van der Waals surface area (Å²) in [5, 5.41) is 25.6. The summed E-state index contributed by atoms with van der Waals surface area (Å²) >= 11 is 0. The van der Waals surface area contributed by atoms with E-state index in [-0.39, 0.29) is 18.8 Å². The molecule has 1 unspecified atom stereocenters. The van der Waals surface area contributed by atoms with Crippen LogP contribution >= 0.6 is 0 Å². The van der Waals surface area contributed by atoms with E-state index in [1.54, 1.807) is 0 Å². The predicted octanol–water partition coefficient (Wildman–Crippen LogP) is -0.177. The molecule has 0 heterocycles. The lowest BCUT2D eigenvalue weighted by Crippen LogP contribution is -2.19. The van der Waals surface area contributed by atoms with E-state index < -0.39 is 12.3 Å². The lowest BCUT2D eigenvalue weighted by molar-refractivity contribution is -0.132. The van der Waals surface area contributed by atoms with Gasteiger partial charge in [0.2, 0.25) is 0 Å². The van der Waals surface area contributed by atoms with Gasteiger partial charge in [-0.3, -0.25) is 0 Å². The van der Waals surface area contributed by atoms with Crippen LogP contribution in [0.25, 0.3) is 0 Å². The predicted molar refractivity (Wildman–Crippen MR) is 194 cm³/mol. The summed E-state index contributed by atoms with van der Waals surface area (Å²) in [5.41, 5.74) is 0.176. The minimum atomic E-state index is -0.935. The van der Waals surface area contributed by atoms with E-state index in [0.717, 1.165) is 0 Å². The maximum Gasteiger partial charge on any atom is 0.330 e. The number of hydrogen-bond acceptors (Lipinski definition) is 18. The molecule has 0 aromatic rings. The summed E-state index contributed by atoms with van der Waals surface area (Å²) in [6.07, 6.45) is -0.905. The number of aliphatic hydroxyl groups excluding tert-OH is 2. The van der Waals surface area contributed by atoms with E-state index in [1.165, 1.54) is 14.0 Å². The minimum Gasteiger partial charge on any atom is -0.478 e. The molecule has 0 aromatic carbocycles. The summed E-state index contributed by atoms with van der Waals surface area (Å²) in [6, 6.07) is 0. The molecule has 0 aliphatic carbocycles. The van der Waals surface area contributed by atoms with Gasteiger partial charge in [0.15, 0.2) is 6.29 Å². The molecule has 0 radical (unpaired) electrons. The molecule has 19 heteroatoms. The van der Waals surface area contributed by atoms with Crippen molar-refractivity contribution < 1.29 is 91.2 Å². The Morgan fingerprint density at radius 3 is 0.741 bits per heavy atom. The Bertz CT molecular complexity index is 725. The van der Waals surface area contributed by atoms with E-state index in [0.29, 0.717) is 178 Å². The lowest BCUT2D eigenvalue weighted by Gasteiger charge is -2.10. The highest BCUT2D eigenvalue weighted by atomic mass is 16.6. The van der Waals surface area contributed by atoms with Gasteiger partial charge in [0.1, 0.15) is 0 Å². The fourth-order valence-corrected chi connectivity index (χ4v) is 3.18. The van der Waals surface area contributed by atoms with Crippen molar-refractivity contribution in [1.29, 1.82) is 0 Å². The number of carboxylic acid groups (broad SMARTS) is 1. The number of methoxy groups -OCH3 is 1. The molecule has 1 atom stereocenters. The molecule has 54 heavy (non-hydrogen) atoms. The van der Waals surface area contributed by atoms with Gasteiger partial charge < -0.3 is 86.4 Å². The van der Waals surface area contributed by atoms with Crippen molar-refractivity contribution >= 4 is 5.97 Å². The fraction of sp³-hybridized carbons (Fsp3) is 0.914. The number of hydrogen-bond donors (Lipinski definition) is 3. The molecule has 0 saturated carbocycles. The Morgan fingerprint density at radius 2 is 0.593 bits per heavy atom. The highest BCUT2D eigenvalue weighted by Crippen LogP contribution is 1.89. The lowest BCUT2D eigenvalue weighted by atomic mass is 10.4. The molecular formula is C35H70O19. The molecule has 324 valence electrons. The maximum atomic E-state index is 9.60. The molecule has 0 saturated heterocycles. The number of rotatable bonds is 45. The van der Waals surface area contributed by atoms with Crippen LogP contribution in [0.4, 0.5) is 0 Å². The first-order chi connectivity index (χ1) is 26.5. The minimum absolute atomic E-state index is 0.0214. The molecule has 3 N–H and O–H groups in total. The van der Waals surface area contributed by atoms with Crippen molar-refractivity contribution in [3.63, 3.8) is 0 Å². The molecule has 0 amide bonds. The van der Waals surface area contributed by atoms with Crippen molar-refractivity contribution in [3.05, 3.63) is 12.2 Å². The SMILES string of the molecule is C=C(C)C(=O)O.COC(O)COCCOCCOCCOCCOCCOCCOCCOCCOCCOCCOCCOCCOCCOCCO. The van der Waals surface area contributed by atoms with Crippen LogP contribution in [0.5, 0.6) is 0 Å². The zero-order valence-corrected chi connectivity index (χ0v) is 32.7. The third kappa shape index (κ3) is 52.6. The number of carbonyl (C=O) groups is 1. The van der Waals surface area contributed by atoms with Crippen LogP contribution in [0.2, 0.25) is 0 Å². The van der Waals surface area contributed by atoms with Gasteiger partial charge in [-0.25, -0.2) is 4.79 Å². The van der Waals surface area contributed by atoms with Gasteiger partial charge >= 0.3 is 5.97 Å². The second kappa shape index (κ2) is 49.5. The summed E-state index contributed by atoms with van der Waals surface area (Å²) in [6.45, 7) is 17.7. The Morgan fingerprint density at radius 1 is 0.426 bits per heavy atom. The van der Waals surface area contributed by atoms with Gasteiger partial charge in [0, 0.05) is 12.7 Å². The van der Waals surface area contributed by atoms with Gasteiger partial charge in [-0.05, 0) is 6.92 Å². The quantitative estimate of drug-likeness (QED) is 0.0414. The molecule has 19 nitrogen and oxygen atoms in total. The monoisotopic (exact) mass is 794 g/mol. The first-order valence-corrected chi connectivity index (χ1v) is 18.2. The van der Waals surface area contributed by atoms with Crippen molar-refractivity contribution in [2.45, 2.75) is 13.2 Å². The largest absolute Gasteiger partial charge is 0.478 e. The number of ether oxygens (including phenoxy) is 15. The molecule has 0 rings (SSSR count). The van der Waals surface area contributed by atoms with Gasteiger partial charge in [-0.1, -0.05) is 6.58 Å². The van der Waals surface area contributed by atoms with E-state index in [4.69, 9.17) is 81.6 Å². The van der Waals surface area contributed by atoms with Crippen LogP contribution in [0.3, 0.4) is 0 Å². The second-order valence-electron chi connectivity index (χ2n) is 10.5. The van der Waals surface area contributed by atoms with Crippen LogP contribution in [-0.4, -0.2) is 226 Å². The summed E-state index contributed by atoms with van der Waals surface area (Å²) in [5.74, 6) is -0.935. The fourth-order valence-electron chi connectivity index (χ4n) is 3.18. The van der Waals surface area contributed by atoms with Crippen molar-refractivity contribution in [2.75, 3.05) is 199 Å². The van der Waals surface area contributed by atoms with Crippen LogP contribution in [-0.2, 0) is 75.8 Å². The Kier molecular flexibility index (Phi) is 50.1. The molecule has 0 bridgehead atoms. The smallest absolute Gasteiger partial charge is 0.330 e. The standard InChI is InChI=1S/C31H64O17.C4H6O2/c1-34-31(33)30-48-29-28-47-27-26-46-25-24-45-23-22-44-21-20-43-19-18-42-17-16-41-15-14-40-13-12-39-11-10-38-9-8-37-7-6-36-5-4-35-3-2-32;1-3(2)4(5)6/h31-33H,2-30H2,1H3;1H2,2H3,(H,5,6). The molecular weight excluding hydrogens is 724 g/mol. The van der Waals surface area contributed by atoms with Crippen LogP contribution in [0.1, 0.15) is 6.92 Å². The van der Waals surface area contributed by atoms with Gasteiger partial charge in [0.05, 0.1) is 192 Å². The Hall–Kier alpha value is -1.47. The number of aliphatic hydroxyl groups is 2. The average Bonchev–Trinajstić information content (AvgIpc) is 3.16. The first kappa shape index (κ1) is 54.6. The third-order valence-electron chi connectivity index (χ3n) is 5.97. The average molecular weight is 795 g/mol. The van der Waals surface area contributed by atoms with Crippen LogP contribution < -0.4 is 0 Å². The Labute approximate surface area is 321 Å². The van der Waals surface area contributed by atoms with Crippen LogP contribution in [0.15, 0.2) is 12.2 Å². The Balaban J connectivity index is 0. The van der Waals surface area contributed by atoms with E-state index >= 15 is 0 Å². The van der Waals surface area contributed by atoms with Crippen molar-refractivity contribution in [1.82, 2.24) is 0 Å². The highest BCUT2D eigenvalue weighted by molar-refractivity contribution is 5.84. The van der Waals surface area contributed by atoms with Gasteiger partial charge in [-0.2, -0.15) is 0 Å². The molecule has 0 aromatic heterocycles. The summed E-state index contributed by atoms with van der Waals surface area (Å²) in [4.78, 5) is 9.60. The van der Waals surface area contributed by atoms with Gasteiger partial charge in [0.25, 0.3) is 0 Å². The maximum absolute atomic E-state index is 9.60. The highest BCUT2D eigenvalue weighted by Gasteiger charge is 2.00. The molecule has 0 aliphatic heterocycles. The molecule has 0 aliphatic rings. The normalized spacial score (nSPS) is 11.8. The number of carboxylic acids is 1. The number of aliphatic carboxylic acids is 1. The second-order valence-corrected chi connectivity index (χ2v) is 10.5. The molecule has 0 spiro atoms. The van der Waals surface area contributed by atoms with Crippen molar-refractivity contribution in [2.24, 2.45) is 0 Å². The van der Waals surface area contributed by atoms with Crippen LogP contribution in [0, 0.1) is 0 Å². The molecule has 0 fully saturated rings. The van der Waals surface area contributed by atoms with E-state index in [9.17, 15) is 4.79 Å². The van der Waals surface area contributed by atoms with Gasteiger partial charge in [-0.15, -0.1) is 0 Å². The van der Waals surface area contributed by atoms with E-state index in [2.05, 4.69) is 11.3 Å². The zero-order chi connectivity index (χ0) is 39.8. The topological polar surface area (TPSA) is 216 Å². The summed E-state index contributed by atoms with van der Waals surface area (Å²) < 4.78 is 80.0. The first-order valence-electron chi connectivity index (χ1n) is 18.2.